The van der Waals surface area contributed by atoms with Crippen molar-refractivity contribution in [1.29, 1.82) is 0 Å². The normalized spacial score (nSPS) is 15.2. The summed E-state index contributed by atoms with van der Waals surface area (Å²) in [4.78, 5) is 71.1. The predicted octanol–water partition coefficient (Wildman–Crippen LogP) is -2.02. The lowest BCUT2D eigenvalue weighted by molar-refractivity contribution is -0.147. The number of rotatable bonds is 17. The fourth-order valence-corrected chi connectivity index (χ4v) is 2.85. The SMILES string of the molecule is CCC(C)C(N)C(=O)NC(CC(=O)O)C(=O)NC(CCCCN)C(=O)NC(CC(=O)O)C(=O)O. The minimum absolute atomic E-state index is 0.00824. The van der Waals surface area contributed by atoms with E-state index in [1.807, 2.05) is 0 Å². The largest absolute Gasteiger partial charge is 0.481 e. The Morgan fingerprint density at radius 1 is 0.765 bits per heavy atom. The summed E-state index contributed by atoms with van der Waals surface area (Å²) in [6.45, 7) is 3.80. The highest BCUT2D eigenvalue weighted by atomic mass is 16.4. The first-order chi connectivity index (χ1) is 15.8. The molecule has 3 amide bonds. The summed E-state index contributed by atoms with van der Waals surface area (Å²) >= 11 is 0. The van der Waals surface area contributed by atoms with Crippen molar-refractivity contribution < 1.29 is 44.1 Å². The second-order valence-electron chi connectivity index (χ2n) is 7.91. The molecule has 0 saturated heterocycles. The molecule has 0 aliphatic heterocycles. The molecule has 0 fully saturated rings. The van der Waals surface area contributed by atoms with Crippen molar-refractivity contribution in [1.82, 2.24) is 16.0 Å². The molecule has 0 aromatic heterocycles. The maximum atomic E-state index is 12.8. The molecular weight excluding hydrogens is 454 g/mol. The molecule has 0 spiro atoms. The number of aliphatic carboxylic acids is 3. The molecule has 14 nitrogen and oxygen atoms in total. The molecule has 0 heterocycles. The van der Waals surface area contributed by atoms with Gasteiger partial charge < -0.3 is 42.7 Å². The lowest BCUT2D eigenvalue weighted by Gasteiger charge is -2.25. The standard InChI is InChI=1S/C20H35N5O9/c1-3-10(2)16(22)19(32)24-12(8-14(26)27)18(31)23-11(6-4-5-7-21)17(30)25-13(20(33)34)9-15(28)29/h10-13,16H,3-9,21-22H2,1-2H3,(H,23,31)(H,24,32)(H,25,30)(H,26,27)(H,28,29)(H,33,34). The first-order valence-corrected chi connectivity index (χ1v) is 10.9. The molecule has 0 saturated carbocycles. The van der Waals surface area contributed by atoms with Crippen molar-refractivity contribution in [2.24, 2.45) is 17.4 Å². The van der Waals surface area contributed by atoms with E-state index in [1.54, 1.807) is 13.8 Å². The van der Waals surface area contributed by atoms with Gasteiger partial charge in [-0.05, 0) is 31.7 Å². The summed E-state index contributed by atoms with van der Waals surface area (Å²) in [5.74, 6) is -7.40. The average molecular weight is 490 g/mol. The third-order valence-corrected chi connectivity index (χ3v) is 5.14. The number of nitrogens with one attached hydrogen (secondary N) is 3. The van der Waals surface area contributed by atoms with E-state index < -0.39 is 72.6 Å². The van der Waals surface area contributed by atoms with Gasteiger partial charge in [0.1, 0.15) is 18.1 Å². The second kappa shape index (κ2) is 15.6. The number of carboxylic acid groups (broad SMARTS) is 3. The van der Waals surface area contributed by atoms with E-state index in [2.05, 4.69) is 16.0 Å². The van der Waals surface area contributed by atoms with Gasteiger partial charge in [-0.1, -0.05) is 20.3 Å². The number of nitrogens with two attached hydrogens (primary N) is 2. The van der Waals surface area contributed by atoms with Crippen LogP contribution in [0.4, 0.5) is 0 Å². The van der Waals surface area contributed by atoms with Gasteiger partial charge in [-0.15, -0.1) is 0 Å². The van der Waals surface area contributed by atoms with E-state index in [9.17, 15) is 28.8 Å². The van der Waals surface area contributed by atoms with E-state index >= 15 is 0 Å². The molecule has 0 aromatic rings. The quantitative estimate of drug-likeness (QED) is 0.103. The van der Waals surface area contributed by atoms with Gasteiger partial charge in [-0.2, -0.15) is 0 Å². The van der Waals surface area contributed by atoms with Crippen LogP contribution in [-0.2, 0) is 28.8 Å². The third-order valence-electron chi connectivity index (χ3n) is 5.14. The number of carbonyl (C=O) groups excluding carboxylic acids is 3. The molecular formula is C20H35N5O9. The average Bonchev–Trinajstić information content (AvgIpc) is 2.75. The zero-order chi connectivity index (χ0) is 26.4. The van der Waals surface area contributed by atoms with Crippen molar-refractivity contribution in [3.8, 4) is 0 Å². The highest BCUT2D eigenvalue weighted by molar-refractivity contribution is 5.96. The van der Waals surface area contributed by atoms with E-state index in [0.717, 1.165) is 0 Å². The fourth-order valence-electron chi connectivity index (χ4n) is 2.85. The third kappa shape index (κ3) is 11.6. The van der Waals surface area contributed by atoms with Crippen LogP contribution in [0.25, 0.3) is 0 Å². The van der Waals surface area contributed by atoms with Gasteiger partial charge in [0.05, 0.1) is 18.9 Å². The van der Waals surface area contributed by atoms with Gasteiger partial charge in [0.2, 0.25) is 17.7 Å². The zero-order valence-corrected chi connectivity index (χ0v) is 19.3. The Bertz CT molecular complexity index is 746. The van der Waals surface area contributed by atoms with Gasteiger partial charge in [0.25, 0.3) is 0 Å². The Morgan fingerprint density at radius 2 is 1.24 bits per heavy atom. The van der Waals surface area contributed by atoms with Crippen LogP contribution in [0.3, 0.4) is 0 Å². The predicted molar refractivity (Wildman–Crippen MR) is 118 cm³/mol. The highest BCUT2D eigenvalue weighted by Gasteiger charge is 2.32. The summed E-state index contributed by atoms with van der Waals surface area (Å²) in [6.07, 6.45) is -0.297. The lowest BCUT2D eigenvalue weighted by atomic mass is 9.99. The molecule has 0 aromatic carbocycles. The van der Waals surface area contributed by atoms with Gasteiger partial charge >= 0.3 is 17.9 Å². The number of carboxylic acids is 3. The molecule has 10 N–H and O–H groups in total. The summed E-state index contributed by atoms with van der Waals surface area (Å²) in [5.41, 5.74) is 11.3. The lowest BCUT2D eigenvalue weighted by Crippen LogP contribution is -2.58. The van der Waals surface area contributed by atoms with E-state index in [4.69, 9.17) is 26.8 Å². The fraction of sp³-hybridized carbons (Fsp3) is 0.700. The molecule has 5 unspecified atom stereocenters. The Kier molecular flexibility index (Phi) is 14.1. The van der Waals surface area contributed by atoms with Crippen molar-refractivity contribution >= 4 is 35.6 Å². The van der Waals surface area contributed by atoms with E-state index in [1.165, 1.54) is 0 Å². The number of unbranched alkanes of at least 4 members (excludes halogenated alkanes) is 1. The van der Waals surface area contributed by atoms with Crippen LogP contribution in [0.15, 0.2) is 0 Å². The maximum Gasteiger partial charge on any atom is 0.326 e. The molecule has 0 bridgehead atoms. The van der Waals surface area contributed by atoms with Gasteiger partial charge in [-0.25, -0.2) is 4.79 Å². The first kappa shape index (κ1) is 30.7. The molecule has 0 aliphatic rings. The van der Waals surface area contributed by atoms with Crippen LogP contribution in [0.1, 0.15) is 52.4 Å². The van der Waals surface area contributed by atoms with Gasteiger partial charge in [0, 0.05) is 0 Å². The second-order valence-corrected chi connectivity index (χ2v) is 7.91. The number of carbonyl (C=O) groups is 6. The molecule has 0 radical (unpaired) electrons. The maximum absolute atomic E-state index is 12.8. The molecule has 14 heteroatoms. The Balaban J connectivity index is 5.59. The summed E-state index contributed by atoms with van der Waals surface area (Å²) < 4.78 is 0. The highest BCUT2D eigenvalue weighted by Crippen LogP contribution is 2.08. The number of amides is 3. The van der Waals surface area contributed by atoms with Crippen LogP contribution >= 0.6 is 0 Å². The molecule has 5 atom stereocenters. The van der Waals surface area contributed by atoms with Crippen LogP contribution in [0, 0.1) is 5.92 Å². The Morgan fingerprint density at radius 3 is 1.71 bits per heavy atom. The van der Waals surface area contributed by atoms with Crippen LogP contribution in [0.2, 0.25) is 0 Å². The van der Waals surface area contributed by atoms with Crippen LogP contribution in [0.5, 0.6) is 0 Å². The van der Waals surface area contributed by atoms with Crippen molar-refractivity contribution in [3.05, 3.63) is 0 Å². The van der Waals surface area contributed by atoms with Gasteiger partial charge in [0.15, 0.2) is 0 Å². The van der Waals surface area contributed by atoms with Gasteiger partial charge in [-0.3, -0.25) is 24.0 Å². The van der Waals surface area contributed by atoms with Crippen molar-refractivity contribution in [3.63, 3.8) is 0 Å². The molecule has 0 rings (SSSR count). The summed E-state index contributed by atoms with van der Waals surface area (Å²) in [7, 11) is 0. The Hall–Kier alpha value is -3.26. The van der Waals surface area contributed by atoms with Crippen molar-refractivity contribution in [2.75, 3.05) is 6.54 Å². The van der Waals surface area contributed by atoms with Crippen LogP contribution < -0.4 is 27.4 Å². The minimum Gasteiger partial charge on any atom is -0.481 e. The smallest absolute Gasteiger partial charge is 0.326 e. The Labute approximate surface area is 196 Å². The van der Waals surface area contributed by atoms with Crippen LogP contribution in [-0.4, -0.2) is 81.7 Å². The van der Waals surface area contributed by atoms with E-state index in [-0.39, 0.29) is 18.9 Å². The number of hydrogen-bond donors (Lipinski definition) is 8. The summed E-state index contributed by atoms with van der Waals surface area (Å²) in [5, 5.41) is 33.8. The summed E-state index contributed by atoms with van der Waals surface area (Å²) in [6, 6.07) is -5.63. The first-order valence-electron chi connectivity index (χ1n) is 10.9. The molecule has 34 heavy (non-hydrogen) atoms. The molecule has 194 valence electrons. The zero-order valence-electron chi connectivity index (χ0n) is 19.3. The monoisotopic (exact) mass is 489 g/mol. The number of hydrogen-bond acceptors (Lipinski definition) is 8. The molecule has 0 aliphatic carbocycles. The minimum atomic E-state index is -1.75. The van der Waals surface area contributed by atoms with Crippen molar-refractivity contribution in [2.45, 2.75) is 76.5 Å². The topological polar surface area (TPSA) is 251 Å². The van der Waals surface area contributed by atoms with E-state index in [0.29, 0.717) is 19.3 Å².